The average Bonchev–Trinajstić information content (AvgIpc) is 2.78. The van der Waals surface area contributed by atoms with Crippen LogP contribution in [-0.4, -0.2) is 28.2 Å². The van der Waals surface area contributed by atoms with Gasteiger partial charge in [0, 0.05) is 41.2 Å². The lowest BCUT2D eigenvalue weighted by Gasteiger charge is -2.30. The third-order valence-electron chi connectivity index (χ3n) is 5.34. The van der Waals surface area contributed by atoms with E-state index in [2.05, 4.69) is 21.9 Å². The molecule has 1 heterocycles. The summed E-state index contributed by atoms with van der Waals surface area (Å²) in [7, 11) is 0. The van der Waals surface area contributed by atoms with Gasteiger partial charge in [-0.25, -0.2) is 4.98 Å². The van der Waals surface area contributed by atoms with E-state index in [1.165, 1.54) is 13.8 Å². The number of nitrogens with one attached hydrogen (secondary N) is 1. The normalized spacial score (nSPS) is 14.5. The molecule has 2 rings (SSSR count). The van der Waals surface area contributed by atoms with Crippen LogP contribution in [0.4, 0.5) is 13.2 Å². The molecule has 1 aromatic heterocycles. The zero-order valence-electron chi connectivity index (χ0n) is 20.1. The minimum atomic E-state index is -4.51. The van der Waals surface area contributed by atoms with Crippen LogP contribution >= 0.6 is 11.6 Å². The molecule has 9 heteroatoms. The molecule has 0 aliphatic rings. The molecule has 0 aliphatic carbocycles. The van der Waals surface area contributed by atoms with Crippen LogP contribution in [0.1, 0.15) is 38.8 Å². The van der Waals surface area contributed by atoms with Crippen molar-refractivity contribution in [2.45, 2.75) is 51.9 Å². The van der Waals surface area contributed by atoms with Crippen molar-refractivity contribution < 1.29 is 22.7 Å². The number of hydrogen-bond donors (Lipinski definition) is 1. The van der Waals surface area contributed by atoms with E-state index in [0.29, 0.717) is 17.6 Å². The lowest BCUT2D eigenvalue weighted by molar-refractivity contribution is -0.138. The number of alkyl halides is 3. The van der Waals surface area contributed by atoms with Gasteiger partial charge in [0.15, 0.2) is 5.60 Å². The maximum absolute atomic E-state index is 13.1. The highest BCUT2D eigenvalue weighted by atomic mass is 35.5. The Morgan fingerprint density at radius 3 is 2.43 bits per heavy atom. The van der Waals surface area contributed by atoms with Crippen LogP contribution < -0.4 is 10.1 Å². The number of pyridine rings is 1. The number of allylic oxidation sites excluding steroid dienone is 2. The van der Waals surface area contributed by atoms with Crippen LogP contribution in [0.15, 0.2) is 72.5 Å². The molecule has 0 saturated carbocycles. The Morgan fingerprint density at radius 1 is 1.23 bits per heavy atom. The van der Waals surface area contributed by atoms with Crippen LogP contribution in [0, 0.1) is 5.92 Å². The van der Waals surface area contributed by atoms with Gasteiger partial charge in [0.25, 0.3) is 5.91 Å². The fourth-order valence-corrected chi connectivity index (χ4v) is 3.40. The van der Waals surface area contributed by atoms with E-state index in [9.17, 15) is 18.0 Å². The molecule has 2 atom stereocenters. The molecule has 188 valence electrons. The topological polar surface area (TPSA) is 63.6 Å². The average molecular weight is 508 g/mol. The standard InChI is InChI=1S/C26H29ClF3N3O2/c1-6-7-14-31-17(2)22(15-19-8-11-21(27)12-9-19)18(3)33-24(34)25(4,5)35-23-13-10-20(16-32-23)26(28,29)30/h6-14,16,18,22H,1,15H2,2-5H3,(H,33,34)/b14-7-,31-17?. The largest absolute Gasteiger partial charge is 0.462 e. The van der Waals surface area contributed by atoms with Gasteiger partial charge in [-0.2, -0.15) is 13.2 Å². The quantitative estimate of drug-likeness (QED) is 0.297. The Hall–Kier alpha value is -3.13. The Kier molecular flexibility index (Phi) is 9.65. The number of aliphatic imine (C=N–C) groups is 1. The molecule has 1 N–H and O–H groups in total. The molecule has 0 fully saturated rings. The van der Waals surface area contributed by atoms with Crippen molar-refractivity contribution >= 4 is 23.2 Å². The summed E-state index contributed by atoms with van der Waals surface area (Å²) in [6.07, 6.45) is 1.72. The highest BCUT2D eigenvalue weighted by Gasteiger charge is 2.34. The second-order valence-electron chi connectivity index (χ2n) is 8.54. The van der Waals surface area contributed by atoms with Crippen molar-refractivity contribution in [1.29, 1.82) is 0 Å². The van der Waals surface area contributed by atoms with Crippen molar-refractivity contribution in [2.75, 3.05) is 0 Å². The van der Waals surface area contributed by atoms with Gasteiger partial charge < -0.3 is 10.1 Å². The number of ether oxygens (including phenoxy) is 1. The van der Waals surface area contributed by atoms with Gasteiger partial charge >= 0.3 is 6.18 Å². The maximum atomic E-state index is 13.1. The van der Waals surface area contributed by atoms with Gasteiger partial charge in [0.05, 0.1) is 5.56 Å². The molecule has 5 nitrogen and oxygen atoms in total. The van der Waals surface area contributed by atoms with Gasteiger partial charge in [-0.3, -0.25) is 9.79 Å². The molecule has 2 unspecified atom stereocenters. The Morgan fingerprint density at radius 2 is 1.89 bits per heavy atom. The molecule has 0 aliphatic heterocycles. The van der Waals surface area contributed by atoms with E-state index in [-0.39, 0.29) is 17.8 Å². The molecule has 0 radical (unpaired) electrons. The summed E-state index contributed by atoms with van der Waals surface area (Å²) in [5.41, 5.74) is -0.466. The van der Waals surface area contributed by atoms with Crippen molar-refractivity contribution in [3.63, 3.8) is 0 Å². The van der Waals surface area contributed by atoms with Crippen molar-refractivity contribution in [2.24, 2.45) is 10.9 Å². The molecular formula is C26H29ClF3N3O2. The number of carbonyl (C=O) groups is 1. The second-order valence-corrected chi connectivity index (χ2v) is 8.98. The molecule has 0 spiro atoms. The smallest absolute Gasteiger partial charge is 0.417 e. The molecular weight excluding hydrogens is 479 g/mol. The maximum Gasteiger partial charge on any atom is 0.417 e. The summed E-state index contributed by atoms with van der Waals surface area (Å²) in [6, 6.07) is 9.04. The number of halogens is 4. The monoisotopic (exact) mass is 507 g/mol. The van der Waals surface area contributed by atoms with Crippen LogP contribution in [0.3, 0.4) is 0 Å². The first-order valence-corrected chi connectivity index (χ1v) is 11.3. The number of benzene rings is 1. The third-order valence-corrected chi connectivity index (χ3v) is 5.59. The van der Waals surface area contributed by atoms with Gasteiger partial charge in [0.2, 0.25) is 5.88 Å². The van der Waals surface area contributed by atoms with E-state index in [1.54, 1.807) is 30.5 Å². The first-order valence-electron chi connectivity index (χ1n) is 10.9. The van der Waals surface area contributed by atoms with Crippen LogP contribution in [0.5, 0.6) is 5.88 Å². The molecule has 0 saturated heterocycles. The van der Waals surface area contributed by atoms with Gasteiger partial charge in [-0.15, -0.1) is 0 Å². The number of aromatic nitrogens is 1. The van der Waals surface area contributed by atoms with Crippen LogP contribution in [0.2, 0.25) is 5.02 Å². The summed E-state index contributed by atoms with van der Waals surface area (Å²) in [5, 5.41) is 3.58. The minimum absolute atomic E-state index is 0.0872. The summed E-state index contributed by atoms with van der Waals surface area (Å²) < 4.78 is 43.9. The Balaban J connectivity index is 2.17. The zero-order chi connectivity index (χ0) is 26.2. The fourth-order valence-electron chi connectivity index (χ4n) is 3.28. The van der Waals surface area contributed by atoms with Crippen molar-refractivity contribution in [1.82, 2.24) is 10.3 Å². The number of hydrogen-bond acceptors (Lipinski definition) is 4. The summed E-state index contributed by atoms with van der Waals surface area (Å²) in [6.45, 7) is 10.4. The summed E-state index contributed by atoms with van der Waals surface area (Å²) in [5.74, 6) is -0.687. The number of rotatable bonds is 10. The molecule has 2 aromatic rings. The van der Waals surface area contributed by atoms with Crippen molar-refractivity contribution in [3.05, 3.63) is 83.7 Å². The lowest BCUT2D eigenvalue weighted by Crippen LogP contribution is -2.52. The van der Waals surface area contributed by atoms with Crippen molar-refractivity contribution in [3.8, 4) is 5.88 Å². The first kappa shape index (κ1) is 28.1. The molecule has 1 amide bonds. The van der Waals surface area contributed by atoms with Gasteiger partial charge in [-0.05, 0) is 64.0 Å². The highest BCUT2D eigenvalue weighted by Crippen LogP contribution is 2.29. The third kappa shape index (κ3) is 8.55. The van der Waals surface area contributed by atoms with Gasteiger partial charge in [-0.1, -0.05) is 36.4 Å². The van der Waals surface area contributed by atoms with Gasteiger partial charge in [0.1, 0.15) is 0 Å². The minimum Gasteiger partial charge on any atom is -0.462 e. The summed E-state index contributed by atoms with van der Waals surface area (Å²) in [4.78, 5) is 21.2. The Labute approximate surface area is 208 Å². The SMILES string of the molecule is C=C/C=C\N=C(C)C(Cc1ccc(Cl)cc1)C(C)NC(=O)C(C)(C)Oc1ccc(C(F)(F)F)cn1. The summed E-state index contributed by atoms with van der Waals surface area (Å²) >= 11 is 6.00. The van der Waals surface area contributed by atoms with E-state index in [0.717, 1.165) is 23.4 Å². The predicted molar refractivity (Wildman–Crippen MR) is 133 cm³/mol. The van der Waals surface area contributed by atoms with Crippen LogP contribution in [-0.2, 0) is 17.4 Å². The Bertz CT molecular complexity index is 1060. The molecule has 1 aromatic carbocycles. The van der Waals surface area contributed by atoms with E-state index in [4.69, 9.17) is 16.3 Å². The fraction of sp³-hybridized carbons (Fsp3) is 0.346. The number of amides is 1. The lowest BCUT2D eigenvalue weighted by atomic mass is 9.88. The van der Waals surface area contributed by atoms with E-state index in [1.807, 2.05) is 26.0 Å². The molecule has 35 heavy (non-hydrogen) atoms. The molecule has 0 bridgehead atoms. The van der Waals surface area contributed by atoms with E-state index < -0.39 is 23.2 Å². The highest BCUT2D eigenvalue weighted by molar-refractivity contribution is 6.30. The number of carbonyl (C=O) groups excluding carboxylic acids is 1. The zero-order valence-corrected chi connectivity index (χ0v) is 20.8. The second kappa shape index (κ2) is 12.0. The predicted octanol–water partition coefficient (Wildman–Crippen LogP) is 6.44. The first-order chi connectivity index (χ1) is 16.3. The number of nitrogens with zero attached hydrogens (tertiary/aromatic N) is 2. The van der Waals surface area contributed by atoms with E-state index >= 15 is 0 Å². The van der Waals surface area contributed by atoms with Crippen LogP contribution in [0.25, 0.3) is 0 Å².